The van der Waals surface area contributed by atoms with Crippen LogP contribution in [0.5, 0.6) is 0 Å². The second kappa shape index (κ2) is 4.68. The van der Waals surface area contributed by atoms with E-state index in [2.05, 4.69) is 0 Å². The van der Waals surface area contributed by atoms with E-state index >= 15 is 0 Å². The third-order valence-electron chi connectivity index (χ3n) is 3.19. The highest BCUT2D eigenvalue weighted by Crippen LogP contribution is 2.44. The molecule has 0 heterocycles. The first-order valence-corrected chi connectivity index (χ1v) is 5.98. The third-order valence-corrected chi connectivity index (χ3v) is 3.19. The Labute approximate surface area is 109 Å². The molecule has 0 spiro atoms. The highest BCUT2D eigenvalue weighted by atomic mass is 19.4. The molecule has 0 bridgehead atoms. The van der Waals surface area contributed by atoms with Crippen LogP contribution in [0.4, 0.5) is 13.2 Å². The zero-order valence-corrected chi connectivity index (χ0v) is 11.1. The molecule has 1 aliphatic rings. The molecule has 0 radical (unpaired) electrons. The quantitative estimate of drug-likeness (QED) is 0.834. The Morgan fingerprint density at radius 3 is 2.05 bits per heavy atom. The molecule has 0 aliphatic heterocycles. The number of carbonyl (C=O) groups is 2. The summed E-state index contributed by atoms with van der Waals surface area (Å²) in [4.78, 5) is 22.0. The number of hydrogen-bond donors (Lipinski definition) is 2. The highest BCUT2D eigenvalue weighted by molar-refractivity contribution is 5.90. The lowest BCUT2D eigenvalue weighted by Crippen LogP contribution is -2.64. The molecule has 0 aromatic carbocycles. The number of rotatable bonds is 3. The summed E-state index contributed by atoms with van der Waals surface area (Å²) in [7, 11) is 0. The molecule has 2 N–H and O–H groups in total. The molecule has 1 aliphatic carbocycles. The van der Waals surface area contributed by atoms with Crippen LogP contribution in [0.2, 0.25) is 0 Å². The van der Waals surface area contributed by atoms with Crippen LogP contribution in [0.3, 0.4) is 0 Å². The summed E-state index contributed by atoms with van der Waals surface area (Å²) in [5, 5.41) is 10.7. The first-order chi connectivity index (χ1) is 8.36. The van der Waals surface area contributed by atoms with Crippen LogP contribution in [-0.4, -0.2) is 28.7 Å². The molecular formula is C12H18F3NO3. The summed E-state index contributed by atoms with van der Waals surface area (Å²) in [6.07, 6.45) is -4.26. The lowest BCUT2D eigenvalue weighted by molar-refractivity contribution is -0.181. The maximum atomic E-state index is 12.2. The molecule has 110 valence electrons. The van der Waals surface area contributed by atoms with Gasteiger partial charge in [0.2, 0.25) is 0 Å². The normalized spacial score (nSPS) is 27.6. The van der Waals surface area contributed by atoms with Gasteiger partial charge in [-0.3, -0.25) is 4.79 Å². The smallest absolute Gasteiger partial charge is 0.471 e. The maximum absolute atomic E-state index is 12.2. The number of nitrogens with one attached hydrogen (secondary N) is 1. The van der Waals surface area contributed by atoms with Crippen molar-refractivity contribution < 1.29 is 27.9 Å². The van der Waals surface area contributed by atoms with Gasteiger partial charge < -0.3 is 10.4 Å². The number of halogens is 3. The van der Waals surface area contributed by atoms with Gasteiger partial charge in [0.15, 0.2) is 0 Å². The Kier molecular flexibility index (Phi) is 3.89. The number of hydrogen-bond acceptors (Lipinski definition) is 2. The van der Waals surface area contributed by atoms with Gasteiger partial charge in [-0.2, -0.15) is 13.2 Å². The number of carboxylic acids is 1. The van der Waals surface area contributed by atoms with E-state index in [4.69, 9.17) is 5.11 Å². The monoisotopic (exact) mass is 281 g/mol. The van der Waals surface area contributed by atoms with Crippen molar-refractivity contribution in [1.82, 2.24) is 5.32 Å². The van der Waals surface area contributed by atoms with Crippen molar-refractivity contribution >= 4 is 11.9 Å². The average molecular weight is 281 g/mol. The molecule has 1 rings (SSSR count). The minimum atomic E-state index is -5.06. The SMILES string of the molecule is CC(C)(C)CC1CC(NC(=O)C(F)(F)F)(C(=O)O)C1. The van der Waals surface area contributed by atoms with E-state index in [0.29, 0.717) is 6.42 Å². The van der Waals surface area contributed by atoms with Gasteiger partial charge in [0.1, 0.15) is 5.54 Å². The predicted molar refractivity (Wildman–Crippen MR) is 61.4 cm³/mol. The van der Waals surface area contributed by atoms with Crippen LogP contribution < -0.4 is 5.32 Å². The maximum Gasteiger partial charge on any atom is 0.471 e. The van der Waals surface area contributed by atoms with Crippen LogP contribution >= 0.6 is 0 Å². The van der Waals surface area contributed by atoms with Crippen LogP contribution in [0.1, 0.15) is 40.0 Å². The van der Waals surface area contributed by atoms with Crippen molar-refractivity contribution in [3.05, 3.63) is 0 Å². The number of amides is 1. The Hall–Kier alpha value is -1.27. The first-order valence-electron chi connectivity index (χ1n) is 5.98. The minimum absolute atomic E-state index is 0.0182. The fourth-order valence-corrected chi connectivity index (χ4v) is 2.55. The van der Waals surface area contributed by atoms with Crippen LogP contribution in [0.25, 0.3) is 0 Å². The first kappa shape index (κ1) is 15.8. The van der Waals surface area contributed by atoms with Gasteiger partial charge in [0.25, 0.3) is 0 Å². The van der Waals surface area contributed by atoms with Crippen molar-refractivity contribution in [1.29, 1.82) is 0 Å². The molecule has 0 unspecified atom stereocenters. The van der Waals surface area contributed by atoms with Crippen molar-refractivity contribution in [2.45, 2.75) is 51.7 Å². The Bertz CT molecular complexity index is 379. The summed E-state index contributed by atoms with van der Waals surface area (Å²) in [6.45, 7) is 5.92. The number of carboxylic acid groups (broad SMARTS) is 1. The molecule has 0 saturated heterocycles. The van der Waals surface area contributed by atoms with E-state index in [1.165, 1.54) is 0 Å². The summed E-state index contributed by atoms with van der Waals surface area (Å²) in [5.41, 5.74) is -1.79. The molecule has 1 fully saturated rings. The van der Waals surface area contributed by atoms with Crippen molar-refractivity contribution in [2.75, 3.05) is 0 Å². The zero-order chi connectivity index (χ0) is 15.1. The summed E-state index contributed by atoms with van der Waals surface area (Å²) >= 11 is 0. The van der Waals surface area contributed by atoms with Gasteiger partial charge in [0, 0.05) is 0 Å². The zero-order valence-electron chi connectivity index (χ0n) is 11.1. The standard InChI is InChI=1S/C12H18F3NO3/c1-10(2,3)4-7-5-11(6-7,9(18)19)16-8(17)12(13,14)15/h7H,4-6H2,1-3H3,(H,16,17)(H,18,19). The van der Waals surface area contributed by atoms with E-state index in [0.717, 1.165) is 0 Å². The lowest BCUT2D eigenvalue weighted by atomic mass is 9.63. The average Bonchev–Trinajstić information content (AvgIpc) is 2.09. The molecule has 19 heavy (non-hydrogen) atoms. The van der Waals surface area contributed by atoms with Gasteiger partial charge in [-0.15, -0.1) is 0 Å². The van der Waals surface area contributed by atoms with E-state index in [9.17, 15) is 22.8 Å². The number of carbonyl (C=O) groups excluding carboxylic acids is 1. The fourth-order valence-electron chi connectivity index (χ4n) is 2.55. The Morgan fingerprint density at radius 2 is 1.74 bits per heavy atom. The number of aliphatic carboxylic acids is 1. The fraction of sp³-hybridized carbons (Fsp3) is 0.833. The molecule has 7 heteroatoms. The second-order valence-electron chi connectivity index (χ2n) is 6.38. The van der Waals surface area contributed by atoms with Gasteiger partial charge in [-0.05, 0) is 30.6 Å². The molecule has 1 saturated carbocycles. The van der Waals surface area contributed by atoms with Crippen molar-refractivity contribution in [3.63, 3.8) is 0 Å². The molecule has 0 atom stereocenters. The molecule has 0 aromatic rings. The highest BCUT2D eigenvalue weighted by Gasteiger charge is 2.55. The van der Waals surface area contributed by atoms with Gasteiger partial charge in [-0.1, -0.05) is 20.8 Å². The number of alkyl halides is 3. The second-order valence-corrected chi connectivity index (χ2v) is 6.38. The van der Waals surface area contributed by atoms with Crippen LogP contribution in [0, 0.1) is 11.3 Å². The van der Waals surface area contributed by atoms with Crippen molar-refractivity contribution in [2.24, 2.45) is 11.3 Å². The molecule has 4 nitrogen and oxygen atoms in total. The molecule has 1 amide bonds. The van der Waals surface area contributed by atoms with Crippen LogP contribution in [-0.2, 0) is 9.59 Å². The van der Waals surface area contributed by atoms with E-state index < -0.39 is 23.6 Å². The Balaban J connectivity index is 2.68. The summed E-state index contributed by atoms with van der Waals surface area (Å²) in [6, 6.07) is 0. The van der Waals surface area contributed by atoms with Crippen LogP contribution in [0.15, 0.2) is 0 Å². The largest absolute Gasteiger partial charge is 0.480 e. The van der Waals surface area contributed by atoms with Gasteiger partial charge in [0.05, 0.1) is 0 Å². The van der Waals surface area contributed by atoms with E-state index in [1.54, 1.807) is 5.32 Å². The van der Waals surface area contributed by atoms with Crippen molar-refractivity contribution in [3.8, 4) is 0 Å². The lowest BCUT2D eigenvalue weighted by Gasteiger charge is -2.46. The van der Waals surface area contributed by atoms with E-state index in [-0.39, 0.29) is 24.2 Å². The molecule has 0 aromatic heterocycles. The topological polar surface area (TPSA) is 66.4 Å². The Morgan fingerprint density at radius 1 is 1.26 bits per heavy atom. The van der Waals surface area contributed by atoms with Gasteiger partial charge >= 0.3 is 18.1 Å². The molecular weight excluding hydrogens is 263 g/mol. The summed E-state index contributed by atoms with van der Waals surface area (Å²) in [5.74, 6) is -3.58. The van der Waals surface area contributed by atoms with Gasteiger partial charge in [-0.25, -0.2) is 4.79 Å². The predicted octanol–water partition coefficient (Wildman–Crippen LogP) is 2.33. The summed E-state index contributed by atoms with van der Waals surface area (Å²) < 4.78 is 36.5. The third kappa shape index (κ3) is 3.84. The minimum Gasteiger partial charge on any atom is -0.480 e. The van der Waals surface area contributed by atoms with E-state index in [1.807, 2.05) is 20.8 Å².